The first-order chi connectivity index (χ1) is 11.2. The highest BCUT2D eigenvalue weighted by Crippen LogP contribution is 2.31. The summed E-state index contributed by atoms with van der Waals surface area (Å²) in [5, 5.41) is 0. The second-order valence-electron chi connectivity index (χ2n) is 6.05. The number of rotatable bonds is 4. The van der Waals surface area contributed by atoms with Crippen LogP contribution in [0.1, 0.15) is 24.8 Å². The first-order valence-electron chi connectivity index (χ1n) is 8.15. The van der Waals surface area contributed by atoms with E-state index in [1.165, 1.54) is 11.6 Å². The van der Waals surface area contributed by atoms with Crippen molar-refractivity contribution in [2.45, 2.75) is 25.3 Å². The van der Waals surface area contributed by atoms with Crippen LogP contribution in [0, 0.1) is 5.82 Å². The molecule has 1 aliphatic heterocycles. The van der Waals surface area contributed by atoms with Crippen LogP contribution in [-0.4, -0.2) is 25.7 Å². The van der Waals surface area contributed by atoms with Crippen LogP contribution in [0.4, 0.5) is 10.1 Å². The molecule has 1 fully saturated rings. The van der Waals surface area contributed by atoms with Crippen molar-refractivity contribution in [3.05, 3.63) is 59.9 Å². The summed E-state index contributed by atoms with van der Waals surface area (Å²) in [6.07, 6.45) is 0.916. The lowest BCUT2D eigenvalue weighted by Crippen LogP contribution is -2.46. The molecule has 2 unspecified atom stereocenters. The van der Waals surface area contributed by atoms with Gasteiger partial charge in [0.25, 0.3) is 0 Å². The Kier molecular flexibility index (Phi) is 4.82. The average Bonchev–Trinajstić information content (AvgIpc) is 2.56. The van der Waals surface area contributed by atoms with Gasteiger partial charge < -0.3 is 15.4 Å². The van der Waals surface area contributed by atoms with Crippen molar-refractivity contribution in [3.63, 3.8) is 0 Å². The summed E-state index contributed by atoms with van der Waals surface area (Å²) in [6, 6.07) is 15.1. The quantitative estimate of drug-likeness (QED) is 0.938. The van der Waals surface area contributed by atoms with E-state index in [9.17, 15) is 4.39 Å². The molecule has 1 heterocycles. The number of hydrogen-bond donors (Lipinski definition) is 1. The Morgan fingerprint density at radius 3 is 2.57 bits per heavy atom. The van der Waals surface area contributed by atoms with E-state index < -0.39 is 0 Å². The Hall–Kier alpha value is -2.07. The Morgan fingerprint density at radius 1 is 1.13 bits per heavy atom. The number of ether oxygens (including phenoxy) is 1. The van der Waals surface area contributed by atoms with Gasteiger partial charge in [0.05, 0.1) is 12.3 Å². The minimum atomic E-state index is -0.188. The molecule has 2 aromatic carbocycles. The summed E-state index contributed by atoms with van der Waals surface area (Å²) in [7, 11) is 0. The molecule has 0 spiro atoms. The second-order valence-corrected chi connectivity index (χ2v) is 6.05. The summed E-state index contributed by atoms with van der Waals surface area (Å²) in [6.45, 7) is 4.10. The smallest absolute Gasteiger partial charge is 0.146 e. The number of nitrogens with two attached hydrogens (primary N) is 1. The van der Waals surface area contributed by atoms with Gasteiger partial charge in [0.2, 0.25) is 0 Å². The maximum Gasteiger partial charge on any atom is 0.146 e. The maximum atomic E-state index is 14.1. The molecule has 0 saturated carbocycles. The zero-order chi connectivity index (χ0) is 16.2. The van der Waals surface area contributed by atoms with Gasteiger partial charge in [-0.3, -0.25) is 0 Å². The van der Waals surface area contributed by atoms with Gasteiger partial charge >= 0.3 is 0 Å². The van der Waals surface area contributed by atoms with Crippen LogP contribution >= 0.6 is 0 Å². The summed E-state index contributed by atoms with van der Waals surface area (Å²) >= 11 is 0. The molecule has 0 amide bonds. The molecule has 122 valence electrons. The van der Waals surface area contributed by atoms with Gasteiger partial charge in [0, 0.05) is 25.0 Å². The molecule has 3 nitrogen and oxygen atoms in total. The minimum absolute atomic E-state index is 0.0416. The molecule has 2 atom stereocenters. The normalized spacial score (nSPS) is 21.3. The largest absolute Gasteiger partial charge is 0.494 e. The number of benzene rings is 2. The van der Waals surface area contributed by atoms with Gasteiger partial charge in [-0.15, -0.1) is 0 Å². The third kappa shape index (κ3) is 3.64. The zero-order valence-electron chi connectivity index (χ0n) is 13.4. The topological polar surface area (TPSA) is 38.5 Å². The summed E-state index contributed by atoms with van der Waals surface area (Å²) in [5.74, 6) is 0.989. The Balaban J connectivity index is 1.79. The van der Waals surface area contributed by atoms with E-state index >= 15 is 0 Å². The first kappa shape index (κ1) is 15.8. The predicted molar refractivity (Wildman–Crippen MR) is 91.6 cm³/mol. The number of nitrogens with zero attached hydrogens (tertiary/aromatic N) is 1. The lowest BCUT2D eigenvalue weighted by molar-refractivity contribution is 0.340. The molecule has 0 radical (unpaired) electrons. The van der Waals surface area contributed by atoms with Crippen LogP contribution in [0.5, 0.6) is 5.75 Å². The molecular weight excluding hydrogens is 291 g/mol. The van der Waals surface area contributed by atoms with Gasteiger partial charge in [-0.1, -0.05) is 24.3 Å². The van der Waals surface area contributed by atoms with E-state index in [0.717, 1.165) is 18.7 Å². The second kappa shape index (κ2) is 7.01. The van der Waals surface area contributed by atoms with Crippen molar-refractivity contribution in [2.24, 2.45) is 5.73 Å². The molecule has 0 bridgehead atoms. The Labute approximate surface area is 136 Å². The molecule has 23 heavy (non-hydrogen) atoms. The van der Waals surface area contributed by atoms with Crippen LogP contribution in [0.2, 0.25) is 0 Å². The molecule has 0 aliphatic carbocycles. The fourth-order valence-corrected chi connectivity index (χ4v) is 3.29. The number of halogens is 1. The summed E-state index contributed by atoms with van der Waals surface area (Å²) < 4.78 is 19.6. The summed E-state index contributed by atoms with van der Waals surface area (Å²) in [4.78, 5) is 2.06. The third-order valence-corrected chi connectivity index (χ3v) is 4.34. The average molecular weight is 314 g/mol. The molecule has 2 aromatic rings. The van der Waals surface area contributed by atoms with Gasteiger partial charge in [0.1, 0.15) is 11.6 Å². The van der Waals surface area contributed by atoms with Crippen molar-refractivity contribution in [1.29, 1.82) is 0 Å². The highest BCUT2D eigenvalue weighted by atomic mass is 19.1. The molecule has 1 saturated heterocycles. The molecule has 4 heteroatoms. The Bertz CT molecular complexity index is 644. The lowest BCUT2D eigenvalue weighted by atomic mass is 9.88. The van der Waals surface area contributed by atoms with Crippen molar-refractivity contribution < 1.29 is 9.13 Å². The molecule has 2 N–H and O–H groups in total. The highest BCUT2D eigenvalue weighted by Gasteiger charge is 2.27. The minimum Gasteiger partial charge on any atom is -0.494 e. The SMILES string of the molecule is CCOc1ccc(C2CC(N)CN(c3ccccc3F)C2)cc1. The highest BCUT2D eigenvalue weighted by molar-refractivity contribution is 5.49. The number of anilines is 1. The predicted octanol–water partition coefficient (Wildman–Crippen LogP) is 3.55. The van der Waals surface area contributed by atoms with E-state index in [0.29, 0.717) is 24.8 Å². The van der Waals surface area contributed by atoms with Crippen molar-refractivity contribution in [1.82, 2.24) is 0 Å². The van der Waals surface area contributed by atoms with E-state index in [1.807, 2.05) is 31.2 Å². The van der Waals surface area contributed by atoms with Gasteiger partial charge in [-0.2, -0.15) is 0 Å². The monoisotopic (exact) mass is 314 g/mol. The third-order valence-electron chi connectivity index (χ3n) is 4.34. The van der Waals surface area contributed by atoms with Crippen LogP contribution in [0.25, 0.3) is 0 Å². The number of hydrogen-bond acceptors (Lipinski definition) is 3. The molecular formula is C19H23FN2O. The van der Waals surface area contributed by atoms with E-state index in [-0.39, 0.29) is 11.9 Å². The molecule has 3 rings (SSSR count). The summed E-state index contributed by atoms with van der Waals surface area (Å²) in [5.41, 5.74) is 8.09. The molecule has 0 aromatic heterocycles. The van der Waals surface area contributed by atoms with E-state index in [1.54, 1.807) is 6.07 Å². The van der Waals surface area contributed by atoms with E-state index in [2.05, 4.69) is 17.0 Å². The lowest BCUT2D eigenvalue weighted by Gasteiger charge is -2.38. The first-order valence-corrected chi connectivity index (χ1v) is 8.15. The maximum absolute atomic E-state index is 14.1. The Morgan fingerprint density at radius 2 is 1.87 bits per heavy atom. The fourth-order valence-electron chi connectivity index (χ4n) is 3.29. The van der Waals surface area contributed by atoms with Gasteiger partial charge in [-0.25, -0.2) is 4.39 Å². The van der Waals surface area contributed by atoms with Crippen LogP contribution in [0.15, 0.2) is 48.5 Å². The van der Waals surface area contributed by atoms with Crippen LogP contribution in [0.3, 0.4) is 0 Å². The van der Waals surface area contributed by atoms with Gasteiger partial charge in [-0.05, 0) is 43.2 Å². The fraction of sp³-hybridized carbons (Fsp3) is 0.368. The van der Waals surface area contributed by atoms with Crippen LogP contribution in [-0.2, 0) is 0 Å². The number of piperidine rings is 1. The van der Waals surface area contributed by atoms with Crippen LogP contribution < -0.4 is 15.4 Å². The van der Waals surface area contributed by atoms with E-state index in [4.69, 9.17) is 10.5 Å². The zero-order valence-corrected chi connectivity index (χ0v) is 13.4. The van der Waals surface area contributed by atoms with Crippen molar-refractivity contribution in [2.75, 3.05) is 24.6 Å². The van der Waals surface area contributed by atoms with Gasteiger partial charge in [0.15, 0.2) is 0 Å². The molecule has 1 aliphatic rings. The van der Waals surface area contributed by atoms with Crippen molar-refractivity contribution in [3.8, 4) is 5.75 Å². The standard InChI is InChI=1S/C19H23FN2O/c1-2-23-17-9-7-14(8-10-17)15-11-16(21)13-22(12-15)19-6-4-3-5-18(19)20/h3-10,15-16H,2,11-13,21H2,1H3. The number of para-hydroxylation sites is 1. The van der Waals surface area contributed by atoms with Crippen molar-refractivity contribution >= 4 is 5.69 Å².